The number of nitrogens with one attached hydrogen (secondary N) is 3. The first-order valence-corrected chi connectivity index (χ1v) is 10.2. The molecule has 1 heterocycles. The van der Waals surface area contributed by atoms with Crippen molar-refractivity contribution >= 4 is 50.3 Å². The lowest BCUT2D eigenvalue weighted by Crippen LogP contribution is -2.49. The number of hydrogen-bond donors (Lipinski definition) is 3. The Morgan fingerprint density at radius 3 is 2.72 bits per heavy atom. The number of rotatable bonds is 7. The van der Waals surface area contributed by atoms with Crippen molar-refractivity contribution in [2.24, 2.45) is 0 Å². The van der Waals surface area contributed by atoms with Crippen LogP contribution in [0, 0.1) is 11.3 Å². The van der Waals surface area contributed by atoms with Gasteiger partial charge in [0.25, 0.3) is 0 Å². The van der Waals surface area contributed by atoms with Crippen molar-refractivity contribution in [3.63, 3.8) is 0 Å². The maximum Gasteiger partial charge on any atom is 0.243 e. The average Bonchev–Trinajstić information content (AvgIpc) is 3.15. The minimum absolute atomic E-state index is 0.0555. The number of methoxy groups -OCH3 is 1. The predicted octanol–water partition coefficient (Wildman–Crippen LogP) is 3.45. The van der Waals surface area contributed by atoms with Crippen molar-refractivity contribution in [1.82, 2.24) is 10.6 Å². The van der Waals surface area contributed by atoms with Gasteiger partial charge in [0.2, 0.25) is 5.91 Å². The Morgan fingerprint density at radius 2 is 2.00 bits per heavy atom. The highest BCUT2D eigenvalue weighted by Crippen LogP contribution is 2.26. The van der Waals surface area contributed by atoms with Crippen molar-refractivity contribution in [2.75, 3.05) is 19.0 Å². The van der Waals surface area contributed by atoms with Gasteiger partial charge in [0.05, 0.1) is 13.2 Å². The van der Waals surface area contributed by atoms with Crippen LogP contribution in [-0.4, -0.2) is 30.7 Å². The zero-order valence-electron chi connectivity index (χ0n) is 15.8. The zero-order chi connectivity index (χ0) is 20.6. The Morgan fingerprint density at radius 1 is 1.24 bits per heavy atom. The van der Waals surface area contributed by atoms with E-state index in [1.54, 1.807) is 18.4 Å². The third kappa shape index (κ3) is 5.44. The summed E-state index contributed by atoms with van der Waals surface area (Å²) in [5, 5.41) is 21.0. The number of carbonyl (C=O) groups excluding carboxylic acids is 1. The third-order valence-electron chi connectivity index (χ3n) is 4.30. The average molecular weight is 425 g/mol. The molecule has 1 amide bonds. The van der Waals surface area contributed by atoms with Gasteiger partial charge in [-0.05, 0) is 58.9 Å². The predicted molar refractivity (Wildman–Crippen MR) is 120 cm³/mol. The molecule has 0 radical (unpaired) electrons. The molecule has 0 saturated heterocycles. The minimum Gasteiger partial charge on any atom is -0.497 e. The molecular weight excluding hydrogens is 404 g/mol. The summed E-state index contributed by atoms with van der Waals surface area (Å²) in [6.07, 6.45) is 0.450. The molecule has 3 aromatic rings. The van der Waals surface area contributed by atoms with Crippen molar-refractivity contribution in [3.8, 4) is 11.8 Å². The van der Waals surface area contributed by atoms with Crippen LogP contribution in [0.3, 0.4) is 0 Å². The van der Waals surface area contributed by atoms with Crippen molar-refractivity contribution in [3.05, 3.63) is 59.5 Å². The molecule has 0 bridgehead atoms. The van der Waals surface area contributed by atoms with Crippen LogP contribution in [0.1, 0.15) is 5.56 Å². The van der Waals surface area contributed by atoms with E-state index in [0.29, 0.717) is 11.5 Å². The molecule has 0 spiro atoms. The minimum atomic E-state index is -0.611. The SMILES string of the molecule is COc1ccc(NC(=S)NC(Cc2csc3ccccc23)C(=O)NCC#N)cc1. The number of nitriles is 1. The van der Waals surface area contributed by atoms with Gasteiger partial charge in [0.1, 0.15) is 18.3 Å². The second kappa shape index (κ2) is 9.87. The number of nitrogens with zero attached hydrogens (tertiary/aromatic N) is 1. The first-order valence-electron chi connectivity index (χ1n) is 8.92. The molecule has 3 rings (SSSR count). The molecule has 0 aliphatic rings. The van der Waals surface area contributed by atoms with Gasteiger partial charge < -0.3 is 20.7 Å². The molecule has 1 atom stereocenters. The fraction of sp³-hybridized carbons (Fsp3) is 0.190. The van der Waals surface area contributed by atoms with E-state index >= 15 is 0 Å². The summed E-state index contributed by atoms with van der Waals surface area (Å²) in [5.74, 6) is 0.466. The molecule has 1 aromatic heterocycles. The number of amides is 1. The second-order valence-electron chi connectivity index (χ2n) is 6.22. The molecule has 6 nitrogen and oxygen atoms in total. The molecular formula is C21H20N4O2S2. The normalized spacial score (nSPS) is 11.3. The number of hydrogen-bond acceptors (Lipinski definition) is 5. The fourth-order valence-corrected chi connectivity index (χ4v) is 4.11. The van der Waals surface area contributed by atoms with Crippen LogP contribution in [-0.2, 0) is 11.2 Å². The topological polar surface area (TPSA) is 86.2 Å². The number of carbonyl (C=O) groups is 1. The maximum atomic E-state index is 12.6. The van der Waals surface area contributed by atoms with E-state index < -0.39 is 6.04 Å². The highest BCUT2D eigenvalue weighted by Gasteiger charge is 2.21. The number of fused-ring (bicyclic) bond motifs is 1. The molecule has 29 heavy (non-hydrogen) atoms. The monoisotopic (exact) mass is 424 g/mol. The highest BCUT2D eigenvalue weighted by atomic mass is 32.1. The summed E-state index contributed by atoms with van der Waals surface area (Å²) in [6, 6.07) is 16.7. The second-order valence-corrected chi connectivity index (χ2v) is 7.54. The van der Waals surface area contributed by atoms with E-state index in [-0.39, 0.29) is 12.5 Å². The van der Waals surface area contributed by atoms with E-state index in [0.717, 1.165) is 27.1 Å². The van der Waals surface area contributed by atoms with E-state index in [1.165, 1.54) is 0 Å². The van der Waals surface area contributed by atoms with Gasteiger partial charge in [-0.25, -0.2) is 0 Å². The molecule has 0 saturated carbocycles. The van der Waals surface area contributed by atoms with Gasteiger partial charge in [-0.2, -0.15) is 5.26 Å². The molecule has 3 N–H and O–H groups in total. The summed E-state index contributed by atoms with van der Waals surface area (Å²) in [4.78, 5) is 12.6. The Kier molecular flexibility index (Phi) is 7.00. The lowest BCUT2D eigenvalue weighted by Gasteiger charge is -2.20. The van der Waals surface area contributed by atoms with E-state index in [4.69, 9.17) is 22.2 Å². The zero-order valence-corrected chi connectivity index (χ0v) is 17.4. The van der Waals surface area contributed by atoms with Crippen LogP contribution in [0.5, 0.6) is 5.75 Å². The summed E-state index contributed by atoms with van der Waals surface area (Å²) in [5.41, 5.74) is 1.84. The van der Waals surface area contributed by atoms with Gasteiger partial charge >= 0.3 is 0 Å². The van der Waals surface area contributed by atoms with Crippen LogP contribution in [0.15, 0.2) is 53.9 Å². The largest absolute Gasteiger partial charge is 0.497 e. The van der Waals surface area contributed by atoms with Crippen molar-refractivity contribution in [2.45, 2.75) is 12.5 Å². The molecule has 1 unspecified atom stereocenters. The summed E-state index contributed by atoms with van der Waals surface area (Å²) in [7, 11) is 1.60. The van der Waals surface area contributed by atoms with E-state index in [9.17, 15) is 4.79 Å². The number of benzene rings is 2. The van der Waals surface area contributed by atoms with Crippen LogP contribution in [0.25, 0.3) is 10.1 Å². The maximum absolute atomic E-state index is 12.6. The highest BCUT2D eigenvalue weighted by molar-refractivity contribution is 7.80. The van der Waals surface area contributed by atoms with Crippen LogP contribution in [0.2, 0.25) is 0 Å². The molecule has 8 heteroatoms. The standard InChI is InChI=1S/C21H20N4O2S2/c1-27-16-8-6-15(7-9-16)24-21(28)25-18(20(26)23-11-10-22)12-14-13-29-19-5-3-2-4-17(14)19/h2-9,13,18H,11-12H2,1H3,(H,23,26)(H2,24,25,28). The summed E-state index contributed by atoms with van der Waals surface area (Å²) >= 11 is 7.04. The third-order valence-corrected chi connectivity index (χ3v) is 5.53. The van der Waals surface area contributed by atoms with E-state index in [2.05, 4.69) is 27.4 Å². The summed E-state index contributed by atoms with van der Waals surface area (Å²) in [6.45, 7) is -0.0555. The summed E-state index contributed by atoms with van der Waals surface area (Å²) < 4.78 is 6.31. The smallest absolute Gasteiger partial charge is 0.243 e. The number of thiocarbonyl (C=S) groups is 1. The quantitative estimate of drug-likeness (QED) is 0.398. The van der Waals surface area contributed by atoms with Gasteiger partial charge in [-0.3, -0.25) is 4.79 Å². The van der Waals surface area contributed by atoms with E-state index in [1.807, 2.05) is 48.5 Å². The lowest BCUT2D eigenvalue weighted by molar-refractivity contribution is -0.122. The Labute approximate surface area is 178 Å². The van der Waals surface area contributed by atoms with Crippen molar-refractivity contribution in [1.29, 1.82) is 5.26 Å². The van der Waals surface area contributed by atoms with Crippen LogP contribution < -0.4 is 20.7 Å². The molecule has 148 valence electrons. The molecule has 0 aliphatic carbocycles. The Hall–Kier alpha value is -3.15. The Bertz CT molecular complexity index is 1040. The lowest BCUT2D eigenvalue weighted by atomic mass is 10.0. The number of ether oxygens (including phenoxy) is 1. The number of anilines is 1. The molecule has 0 fully saturated rings. The van der Waals surface area contributed by atoms with Gasteiger partial charge in [0.15, 0.2) is 5.11 Å². The fourth-order valence-electron chi connectivity index (χ4n) is 2.87. The molecule has 2 aromatic carbocycles. The van der Waals surface area contributed by atoms with Gasteiger partial charge in [-0.15, -0.1) is 11.3 Å². The van der Waals surface area contributed by atoms with Gasteiger partial charge in [0, 0.05) is 16.8 Å². The number of thiophene rings is 1. The molecule has 0 aliphatic heterocycles. The van der Waals surface area contributed by atoms with Crippen LogP contribution >= 0.6 is 23.6 Å². The van der Waals surface area contributed by atoms with Gasteiger partial charge in [-0.1, -0.05) is 18.2 Å². The first-order chi connectivity index (χ1) is 14.1. The Balaban J connectivity index is 1.73. The first kappa shape index (κ1) is 20.6. The van der Waals surface area contributed by atoms with Crippen LogP contribution in [0.4, 0.5) is 5.69 Å². The van der Waals surface area contributed by atoms with Crippen molar-refractivity contribution < 1.29 is 9.53 Å².